The standard InChI is InChI=1S/C10H5F3N2O3/c11-10(12,13)8-3-7(5-16)9(15(17)18)4-6(8)1-2-14/h3-5H,1H2. The molecule has 1 aromatic rings. The fourth-order valence-corrected chi connectivity index (χ4v) is 1.40. The molecule has 0 amide bonds. The molecule has 0 saturated heterocycles. The van der Waals surface area contributed by atoms with Gasteiger partial charge in [0, 0.05) is 6.07 Å². The number of nitrogens with zero attached hydrogens (tertiary/aromatic N) is 2. The average Bonchev–Trinajstić information content (AvgIpc) is 2.27. The number of hydrogen-bond acceptors (Lipinski definition) is 4. The molecule has 18 heavy (non-hydrogen) atoms. The number of hydrogen-bond donors (Lipinski definition) is 0. The molecule has 5 nitrogen and oxygen atoms in total. The predicted molar refractivity (Wildman–Crippen MR) is 52.8 cm³/mol. The first-order valence-electron chi connectivity index (χ1n) is 4.52. The molecule has 0 aromatic heterocycles. The van der Waals surface area contributed by atoms with Gasteiger partial charge in [0.25, 0.3) is 5.69 Å². The van der Waals surface area contributed by atoms with Gasteiger partial charge in [-0.2, -0.15) is 18.4 Å². The number of carbonyl (C=O) groups excluding carboxylic acids is 1. The van der Waals surface area contributed by atoms with Crippen LogP contribution in [0.25, 0.3) is 0 Å². The van der Waals surface area contributed by atoms with Crippen molar-refractivity contribution in [2.75, 3.05) is 0 Å². The quantitative estimate of drug-likeness (QED) is 0.473. The molecule has 0 heterocycles. The number of nitro benzene ring substituents is 1. The lowest BCUT2D eigenvalue weighted by Gasteiger charge is -2.11. The molecule has 0 aliphatic rings. The van der Waals surface area contributed by atoms with Crippen molar-refractivity contribution in [3.8, 4) is 6.07 Å². The number of benzene rings is 1. The van der Waals surface area contributed by atoms with Gasteiger partial charge in [0.15, 0.2) is 6.29 Å². The Labute approximate surface area is 98.6 Å². The summed E-state index contributed by atoms with van der Waals surface area (Å²) in [6, 6.07) is 2.48. The second kappa shape index (κ2) is 4.83. The van der Waals surface area contributed by atoms with E-state index in [2.05, 4.69) is 0 Å². The number of nitro groups is 1. The first-order valence-corrected chi connectivity index (χ1v) is 4.52. The molecule has 0 atom stereocenters. The van der Waals surface area contributed by atoms with Crippen LogP contribution in [-0.4, -0.2) is 11.2 Å². The van der Waals surface area contributed by atoms with Crippen LogP contribution >= 0.6 is 0 Å². The second-order valence-electron chi connectivity index (χ2n) is 3.28. The summed E-state index contributed by atoms with van der Waals surface area (Å²) in [5, 5.41) is 19.0. The van der Waals surface area contributed by atoms with Crippen molar-refractivity contribution >= 4 is 12.0 Å². The third kappa shape index (κ3) is 2.63. The van der Waals surface area contributed by atoms with Crippen LogP contribution < -0.4 is 0 Å². The summed E-state index contributed by atoms with van der Waals surface area (Å²) in [6.07, 6.45) is -5.43. The number of halogens is 3. The maximum absolute atomic E-state index is 12.6. The van der Waals surface area contributed by atoms with Crippen molar-refractivity contribution in [3.05, 3.63) is 38.9 Å². The molecule has 1 rings (SSSR count). The van der Waals surface area contributed by atoms with Crippen LogP contribution in [0.4, 0.5) is 18.9 Å². The SMILES string of the molecule is N#CCc1cc([N+](=O)[O-])c(C=O)cc1C(F)(F)F. The van der Waals surface area contributed by atoms with Gasteiger partial charge in [-0.1, -0.05) is 0 Å². The minimum absolute atomic E-state index is 0.0243. The van der Waals surface area contributed by atoms with Gasteiger partial charge in [-0.25, -0.2) is 0 Å². The predicted octanol–water partition coefficient (Wildman–Crippen LogP) is 2.49. The van der Waals surface area contributed by atoms with Crippen LogP contribution in [-0.2, 0) is 12.6 Å². The lowest BCUT2D eigenvalue weighted by molar-refractivity contribution is -0.385. The Kier molecular flexibility index (Phi) is 3.66. The van der Waals surface area contributed by atoms with E-state index >= 15 is 0 Å². The monoisotopic (exact) mass is 258 g/mol. The summed E-state index contributed by atoms with van der Waals surface area (Å²) >= 11 is 0. The Morgan fingerprint density at radius 3 is 2.44 bits per heavy atom. The minimum Gasteiger partial charge on any atom is -0.298 e. The Morgan fingerprint density at radius 1 is 1.44 bits per heavy atom. The topological polar surface area (TPSA) is 84.0 Å². The van der Waals surface area contributed by atoms with Gasteiger partial charge in [0.2, 0.25) is 0 Å². The molecule has 0 saturated carbocycles. The van der Waals surface area contributed by atoms with Gasteiger partial charge in [-0.05, 0) is 11.6 Å². The third-order valence-electron chi connectivity index (χ3n) is 2.15. The van der Waals surface area contributed by atoms with E-state index in [0.29, 0.717) is 12.1 Å². The smallest absolute Gasteiger partial charge is 0.298 e. The number of aldehydes is 1. The average molecular weight is 258 g/mol. The maximum atomic E-state index is 12.6. The highest BCUT2D eigenvalue weighted by atomic mass is 19.4. The Balaban J connectivity index is 3.58. The van der Waals surface area contributed by atoms with E-state index in [1.807, 2.05) is 0 Å². The van der Waals surface area contributed by atoms with Crippen LogP contribution in [0.15, 0.2) is 12.1 Å². The summed E-state index contributed by atoms with van der Waals surface area (Å²) in [4.78, 5) is 20.2. The van der Waals surface area contributed by atoms with Crippen LogP contribution in [0, 0.1) is 21.4 Å². The van der Waals surface area contributed by atoms with Crippen molar-refractivity contribution in [1.29, 1.82) is 5.26 Å². The van der Waals surface area contributed by atoms with Crippen LogP contribution in [0.3, 0.4) is 0 Å². The zero-order valence-corrected chi connectivity index (χ0v) is 8.69. The summed E-state index contributed by atoms with van der Waals surface area (Å²) in [7, 11) is 0. The lowest BCUT2D eigenvalue weighted by atomic mass is 10.00. The van der Waals surface area contributed by atoms with Crippen molar-refractivity contribution in [2.24, 2.45) is 0 Å². The molecular formula is C10H5F3N2O3. The van der Waals surface area contributed by atoms with Gasteiger partial charge in [-0.3, -0.25) is 14.9 Å². The largest absolute Gasteiger partial charge is 0.416 e. The highest BCUT2D eigenvalue weighted by Gasteiger charge is 2.35. The lowest BCUT2D eigenvalue weighted by Crippen LogP contribution is -2.11. The summed E-state index contributed by atoms with van der Waals surface area (Å²) < 4.78 is 37.9. The molecule has 0 fully saturated rings. The molecule has 0 N–H and O–H groups in total. The van der Waals surface area contributed by atoms with E-state index in [1.54, 1.807) is 0 Å². The second-order valence-corrected chi connectivity index (χ2v) is 3.28. The number of alkyl halides is 3. The van der Waals surface area contributed by atoms with Crippen molar-refractivity contribution < 1.29 is 22.9 Å². The zero-order valence-electron chi connectivity index (χ0n) is 8.69. The van der Waals surface area contributed by atoms with Gasteiger partial charge < -0.3 is 0 Å². The van der Waals surface area contributed by atoms with E-state index < -0.39 is 39.9 Å². The van der Waals surface area contributed by atoms with Gasteiger partial charge >= 0.3 is 6.18 Å². The number of carbonyl (C=O) groups is 1. The number of rotatable bonds is 3. The van der Waals surface area contributed by atoms with Gasteiger partial charge in [0.05, 0.1) is 28.5 Å². The van der Waals surface area contributed by atoms with Crippen molar-refractivity contribution in [3.63, 3.8) is 0 Å². The fourth-order valence-electron chi connectivity index (χ4n) is 1.40. The van der Waals surface area contributed by atoms with Crippen LogP contribution in [0.5, 0.6) is 0 Å². The molecule has 8 heteroatoms. The first-order chi connectivity index (χ1) is 8.31. The molecule has 0 radical (unpaired) electrons. The van der Waals surface area contributed by atoms with Gasteiger partial charge in [-0.15, -0.1) is 0 Å². The molecule has 0 bridgehead atoms. The summed E-state index contributed by atoms with van der Waals surface area (Å²) in [5.41, 5.74) is -3.16. The molecule has 94 valence electrons. The van der Waals surface area contributed by atoms with Gasteiger partial charge in [0.1, 0.15) is 0 Å². The van der Waals surface area contributed by atoms with E-state index in [0.717, 1.165) is 0 Å². The van der Waals surface area contributed by atoms with E-state index in [-0.39, 0.29) is 6.29 Å². The van der Waals surface area contributed by atoms with Crippen LogP contribution in [0.1, 0.15) is 21.5 Å². The highest BCUT2D eigenvalue weighted by Crippen LogP contribution is 2.35. The highest BCUT2D eigenvalue weighted by molar-refractivity contribution is 5.82. The summed E-state index contributed by atoms with van der Waals surface area (Å²) in [5.74, 6) is 0. The first kappa shape index (κ1) is 13.6. The van der Waals surface area contributed by atoms with Crippen molar-refractivity contribution in [1.82, 2.24) is 0 Å². The van der Waals surface area contributed by atoms with Crippen molar-refractivity contribution in [2.45, 2.75) is 12.6 Å². The molecule has 0 unspecified atom stereocenters. The summed E-state index contributed by atoms with van der Waals surface area (Å²) in [6.45, 7) is 0. The fraction of sp³-hybridized carbons (Fsp3) is 0.200. The molecule has 1 aromatic carbocycles. The zero-order chi connectivity index (χ0) is 13.9. The number of nitriles is 1. The normalized spacial score (nSPS) is 10.8. The van der Waals surface area contributed by atoms with E-state index in [9.17, 15) is 28.1 Å². The Morgan fingerprint density at radius 2 is 2.06 bits per heavy atom. The third-order valence-corrected chi connectivity index (χ3v) is 2.15. The van der Waals surface area contributed by atoms with E-state index in [1.165, 1.54) is 6.07 Å². The molecule has 0 aliphatic heterocycles. The van der Waals surface area contributed by atoms with Crippen LogP contribution in [0.2, 0.25) is 0 Å². The molecule has 0 aliphatic carbocycles. The Bertz CT molecular complexity index is 547. The maximum Gasteiger partial charge on any atom is 0.416 e. The Hall–Kier alpha value is -2.43. The molecular weight excluding hydrogens is 253 g/mol. The molecule has 0 spiro atoms. The van der Waals surface area contributed by atoms with E-state index in [4.69, 9.17) is 5.26 Å². The minimum atomic E-state index is -4.78.